The maximum Gasteiger partial charge on any atom is 0.143 e. The fourth-order valence-corrected chi connectivity index (χ4v) is 6.90. The molecule has 0 aliphatic rings. The van der Waals surface area contributed by atoms with Gasteiger partial charge in [-0.1, -0.05) is 158 Å². The molecular weight excluding hydrogens is 544 g/mol. The lowest BCUT2D eigenvalue weighted by Gasteiger charge is -2.21. The average Bonchev–Trinajstić information content (AvgIpc) is 3.54. The summed E-state index contributed by atoms with van der Waals surface area (Å²) in [5.74, 6) is 0. The third-order valence-electron chi connectivity index (χ3n) is 8.81. The number of furan rings is 1. The van der Waals surface area contributed by atoms with Gasteiger partial charge in [0.1, 0.15) is 11.2 Å². The SMILES string of the molecule is [2H]c1c([2H])c([2H])c(-c2c3ccccc3c(-c3ccc4c(oc5ccccc54)c3-c3ccccc3)c3ccccc23)c(-c2ccccc2)c1[2H]. The summed E-state index contributed by atoms with van der Waals surface area (Å²) in [6.45, 7) is 0. The first kappa shape index (κ1) is 21.7. The van der Waals surface area contributed by atoms with Gasteiger partial charge in [-0.25, -0.2) is 0 Å². The van der Waals surface area contributed by atoms with Gasteiger partial charge in [-0.3, -0.25) is 0 Å². The third-order valence-corrected chi connectivity index (χ3v) is 8.81. The lowest BCUT2D eigenvalue weighted by Crippen LogP contribution is -1.94. The fourth-order valence-electron chi connectivity index (χ4n) is 6.90. The smallest absolute Gasteiger partial charge is 0.143 e. The van der Waals surface area contributed by atoms with E-state index in [-0.39, 0.29) is 24.2 Å². The lowest BCUT2D eigenvalue weighted by atomic mass is 9.82. The predicted octanol–water partition coefficient (Wildman–Crippen LogP) is 12.6. The summed E-state index contributed by atoms with van der Waals surface area (Å²) in [6.07, 6.45) is 0. The second kappa shape index (κ2) is 10.4. The molecular formula is C44H28O. The molecule has 8 aromatic carbocycles. The van der Waals surface area contributed by atoms with Crippen molar-refractivity contribution in [3.63, 3.8) is 0 Å². The number of hydrogen-bond acceptors (Lipinski definition) is 1. The van der Waals surface area contributed by atoms with Crippen molar-refractivity contribution in [3.8, 4) is 44.5 Å². The van der Waals surface area contributed by atoms with E-state index >= 15 is 0 Å². The van der Waals surface area contributed by atoms with Gasteiger partial charge in [0.2, 0.25) is 0 Å². The van der Waals surface area contributed by atoms with Crippen LogP contribution in [0, 0.1) is 0 Å². The van der Waals surface area contributed by atoms with Crippen LogP contribution in [0.2, 0.25) is 0 Å². The first-order valence-corrected chi connectivity index (χ1v) is 15.1. The Labute approximate surface area is 267 Å². The topological polar surface area (TPSA) is 13.1 Å². The average molecular weight is 577 g/mol. The summed E-state index contributed by atoms with van der Waals surface area (Å²) in [4.78, 5) is 0. The van der Waals surface area contributed by atoms with Crippen molar-refractivity contribution in [2.24, 2.45) is 0 Å². The molecule has 0 bridgehead atoms. The molecule has 210 valence electrons. The normalized spacial score (nSPS) is 12.8. The molecule has 0 amide bonds. The zero-order valence-electron chi connectivity index (χ0n) is 28.3. The highest BCUT2D eigenvalue weighted by Gasteiger charge is 2.23. The summed E-state index contributed by atoms with van der Waals surface area (Å²) in [5.41, 5.74) is 8.28. The van der Waals surface area contributed by atoms with E-state index < -0.39 is 0 Å². The molecule has 0 fully saturated rings. The first-order valence-electron chi connectivity index (χ1n) is 17.1. The zero-order valence-corrected chi connectivity index (χ0v) is 24.3. The van der Waals surface area contributed by atoms with Crippen LogP contribution in [0.25, 0.3) is 88.0 Å². The molecule has 0 N–H and O–H groups in total. The van der Waals surface area contributed by atoms with Crippen molar-refractivity contribution in [1.82, 2.24) is 0 Å². The Balaban J connectivity index is 1.47. The van der Waals surface area contributed by atoms with Crippen molar-refractivity contribution in [2.75, 3.05) is 0 Å². The van der Waals surface area contributed by atoms with Crippen LogP contribution in [-0.4, -0.2) is 0 Å². The molecule has 0 atom stereocenters. The maximum absolute atomic E-state index is 9.32. The molecule has 1 heteroatoms. The molecule has 0 unspecified atom stereocenters. The molecule has 0 radical (unpaired) electrons. The number of rotatable bonds is 4. The molecule has 0 aliphatic heterocycles. The van der Waals surface area contributed by atoms with E-state index in [1.54, 1.807) is 0 Å². The van der Waals surface area contributed by atoms with E-state index in [0.29, 0.717) is 11.1 Å². The maximum atomic E-state index is 9.32. The minimum Gasteiger partial charge on any atom is -0.455 e. The summed E-state index contributed by atoms with van der Waals surface area (Å²) in [5, 5.41) is 5.89. The molecule has 1 aromatic heterocycles. The number of para-hydroxylation sites is 1. The summed E-state index contributed by atoms with van der Waals surface area (Å²) < 4.78 is 42.4. The van der Waals surface area contributed by atoms with Crippen LogP contribution in [0.4, 0.5) is 0 Å². The minimum absolute atomic E-state index is 0.0545. The van der Waals surface area contributed by atoms with E-state index in [0.717, 1.165) is 76.9 Å². The van der Waals surface area contributed by atoms with Crippen LogP contribution in [0.3, 0.4) is 0 Å². The van der Waals surface area contributed by atoms with Gasteiger partial charge in [-0.05, 0) is 72.6 Å². The number of fused-ring (bicyclic) bond motifs is 5. The van der Waals surface area contributed by atoms with Gasteiger partial charge < -0.3 is 4.42 Å². The van der Waals surface area contributed by atoms with Crippen LogP contribution < -0.4 is 0 Å². The highest BCUT2D eigenvalue weighted by molar-refractivity contribution is 6.25. The van der Waals surface area contributed by atoms with Crippen LogP contribution >= 0.6 is 0 Å². The highest BCUT2D eigenvalue weighted by atomic mass is 16.3. The Bertz CT molecular complexity index is 2690. The lowest BCUT2D eigenvalue weighted by molar-refractivity contribution is 0.670. The molecule has 45 heavy (non-hydrogen) atoms. The standard InChI is InChI=1S/C44H28O/c1-3-15-29(16-4-1)31-19-7-8-21-33(31)42-34-22-9-11-24-36(34)43(37-25-12-10-23-35(37)42)39-28-27-38-32-20-13-14-26-40(32)45-44(38)41(39)30-17-5-2-6-18-30/h1-28H/i7D,8D,19D,21D. The molecule has 1 heterocycles. The van der Waals surface area contributed by atoms with Crippen molar-refractivity contribution in [3.05, 3.63) is 170 Å². The second-order valence-electron chi connectivity index (χ2n) is 11.3. The summed E-state index contributed by atoms with van der Waals surface area (Å²) >= 11 is 0. The Hall–Kier alpha value is -5.92. The minimum atomic E-state index is -0.251. The van der Waals surface area contributed by atoms with Crippen molar-refractivity contribution < 1.29 is 9.90 Å². The number of hydrogen-bond donors (Lipinski definition) is 0. The van der Waals surface area contributed by atoms with E-state index in [4.69, 9.17) is 8.53 Å². The van der Waals surface area contributed by atoms with E-state index in [1.807, 2.05) is 91.0 Å². The molecule has 0 spiro atoms. The Morgan fingerprint density at radius 2 is 0.844 bits per heavy atom. The monoisotopic (exact) mass is 576 g/mol. The van der Waals surface area contributed by atoms with Gasteiger partial charge in [0.05, 0.1) is 5.48 Å². The Morgan fingerprint density at radius 1 is 0.356 bits per heavy atom. The van der Waals surface area contributed by atoms with Crippen LogP contribution in [0.15, 0.2) is 174 Å². The van der Waals surface area contributed by atoms with E-state index in [1.165, 1.54) is 0 Å². The van der Waals surface area contributed by atoms with Gasteiger partial charge in [-0.2, -0.15) is 0 Å². The zero-order chi connectivity index (χ0) is 33.2. The first-order chi connectivity index (χ1) is 24.0. The third kappa shape index (κ3) is 4.02. The second-order valence-corrected chi connectivity index (χ2v) is 11.3. The van der Waals surface area contributed by atoms with Crippen LogP contribution in [0.5, 0.6) is 0 Å². The van der Waals surface area contributed by atoms with Gasteiger partial charge in [0, 0.05) is 16.3 Å². The predicted molar refractivity (Wildman–Crippen MR) is 190 cm³/mol. The van der Waals surface area contributed by atoms with Crippen molar-refractivity contribution in [1.29, 1.82) is 0 Å². The van der Waals surface area contributed by atoms with Gasteiger partial charge in [0.15, 0.2) is 0 Å². The molecule has 9 aromatic rings. The van der Waals surface area contributed by atoms with Gasteiger partial charge >= 0.3 is 0 Å². The fraction of sp³-hybridized carbons (Fsp3) is 0. The summed E-state index contributed by atoms with van der Waals surface area (Å²) in [7, 11) is 0. The molecule has 0 aliphatic carbocycles. The Morgan fingerprint density at radius 3 is 1.47 bits per heavy atom. The summed E-state index contributed by atoms with van der Waals surface area (Å²) in [6, 6.07) is 48.2. The van der Waals surface area contributed by atoms with Crippen LogP contribution in [0.1, 0.15) is 5.48 Å². The van der Waals surface area contributed by atoms with E-state index in [9.17, 15) is 1.37 Å². The Kier molecular flexibility index (Phi) is 5.00. The molecule has 1 nitrogen and oxygen atoms in total. The van der Waals surface area contributed by atoms with Gasteiger partial charge in [0.25, 0.3) is 0 Å². The molecule has 0 saturated carbocycles. The van der Waals surface area contributed by atoms with E-state index in [2.05, 4.69) is 54.6 Å². The van der Waals surface area contributed by atoms with Crippen LogP contribution in [-0.2, 0) is 0 Å². The van der Waals surface area contributed by atoms with Crippen molar-refractivity contribution >= 4 is 43.5 Å². The number of benzene rings is 8. The largest absolute Gasteiger partial charge is 0.455 e. The van der Waals surface area contributed by atoms with Gasteiger partial charge in [-0.15, -0.1) is 0 Å². The molecule has 0 saturated heterocycles. The highest BCUT2D eigenvalue weighted by Crippen LogP contribution is 2.49. The molecule has 9 rings (SSSR count). The quantitative estimate of drug-likeness (QED) is 0.190. The van der Waals surface area contributed by atoms with Crippen molar-refractivity contribution in [2.45, 2.75) is 0 Å².